The zero-order valence-corrected chi connectivity index (χ0v) is 10.9. The second kappa shape index (κ2) is 5.96. The molecule has 1 aliphatic heterocycles. The Hall–Kier alpha value is -0.160. The van der Waals surface area contributed by atoms with Crippen molar-refractivity contribution in [3.05, 3.63) is 0 Å². The molecule has 3 N–H and O–H groups in total. The van der Waals surface area contributed by atoms with Gasteiger partial charge in [-0.1, -0.05) is 13.8 Å². The number of hydrogen-bond donors (Lipinski definition) is 2. The van der Waals surface area contributed by atoms with E-state index >= 15 is 0 Å². The number of morpholine rings is 1. The molecule has 1 fully saturated rings. The van der Waals surface area contributed by atoms with Crippen LogP contribution in [0.25, 0.3) is 0 Å². The van der Waals surface area contributed by atoms with Gasteiger partial charge < -0.3 is 15.6 Å². The average molecular weight is 230 g/mol. The van der Waals surface area contributed by atoms with Crippen LogP contribution in [0.15, 0.2) is 0 Å². The molecule has 0 aliphatic carbocycles. The number of aliphatic hydroxyl groups excluding tert-OH is 1. The molecule has 0 aromatic heterocycles. The smallest absolute Gasteiger partial charge is 0.0674 e. The Bertz CT molecular complexity index is 211. The molecule has 4 atom stereocenters. The largest absolute Gasteiger partial charge is 0.395 e. The highest BCUT2D eigenvalue weighted by atomic mass is 16.5. The van der Waals surface area contributed by atoms with Crippen molar-refractivity contribution in [1.82, 2.24) is 4.90 Å². The van der Waals surface area contributed by atoms with Crippen LogP contribution in [0.3, 0.4) is 0 Å². The molecule has 1 saturated heterocycles. The van der Waals surface area contributed by atoms with Crippen molar-refractivity contribution in [2.75, 3.05) is 19.8 Å². The average Bonchev–Trinajstić information content (AvgIpc) is 2.23. The predicted molar refractivity (Wildman–Crippen MR) is 65.3 cm³/mol. The Kier molecular flexibility index (Phi) is 5.18. The lowest BCUT2D eigenvalue weighted by molar-refractivity contribution is -0.0797. The van der Waals surface area contributed by atoms with E-state index in [-0.39, 0.29) is 24.8 Å². The fourth-order valence-corrected chi connectivity index (χ4v) is 2.28. The van der Waals surface area contributed by atoms with Gasteiger partial charge in [0.1, 0.15) is 0 Å². The summed E-state index contributed by atoms with van der Waals surface area (Å²) in [4.78, 5) is 2.29. The number of nitrogens with two attached hydrogens (primary N) is 1. The maximum Gasteiger partial charge on any atom is 0.0674 e. The van der Waals surface area contributed by atoms with Gasteiger partial charge in [-0.3, -0.25) is 4.90 Å². The topological polar surface area (TPSA) is 58.7 Å². The number of aliphatic hydroxyl groups is 1. The lowest BCUT2D eigenvalue weighted by Gasteiger charge is -2.44. The summed E-state index contributed by atoms with van der Waals surface area (Å²) in [5, 5.41) is 9.54. The van der Waals surface area contributed by atoms with E-state index < -0.39 is 0 Å². The first-order valence-electron chi connectivity index (χ1n) is 6.21. The summed E-state index contributed by atoms with van der Waals surface area (Å²) >= 11 is 0. The van der Waals surface area contributed by atoms with Crippen molar-refractivity contribution in [2.24, 2.45) is 11.7 Å². The van der Waals surface area contributed by atoms with Gasteiger partial charge in [0.05, 0.1) is 19.3 Å². The molecule has 0 saturated carbocycles. The molecule has 0 aromatic rings. The molecule has 0 spiro atoms. The van der Waals surface area contributed by atoms with Crippen LogP contribution in [-0.4, -0.2) is 54.0 Å². The van der Waals surface area contributed by atoms with E-state index in [0.717, 1.165) is 13.2 Å². The molecule has 1 rings (SSSR count). The Morgan fingerprint density at radius 2 is 2.06 bits per heavy atom. The minimum atomic E-state index is 0.0118. The fraction of sp³-hybridized carbons (Fsp3) is 1.00. The van der Waals surface area contributed by atoms with Crippen molar-refractivity contribution in [2.45, 2.75) is 51.9 Å². The number of ether oxygens (including phenoxy) is 1. The van der Waals surface area contributed by atoms with Crippen LogP contribution in [0.5, 0.6) is 0 Å². The van der Waals surface area contributed by atoms with Crippen molar-refractivity contribution in [1.29, 1.82) is 0 Å². The molecule has 0 aromatic carbocycles. The predicted octanol–water partition coefficient (Wildman–Crippen LogP) is 0.440. The molecular formula is C12H26N2O2. The zero-order valence-electron chi connectivity index (χ0n) is 10.9. The summed E-state index contributed by atoms with van der Waals surface area (Å²) in [6.07, 6.45) is 0.226. The molecule has 0 amide bonds. The van der Waals surface area contributed by atoms with Gasteiger partial charge in [0.2, 0.25) is 0 Å². The Morgan fingerprint density at radius 1 is 1.44 bits per heavy atom. The maximum absolute atomic E-state index is 9.54. The lowest BCUT2D eigenvalue weighted by atomic mass is 9.95. The van der Waals surface area contributed by atoms with Gasteiger partial charge in [-0.25, -0.2) is 0 Å². The minimum Gasteiger partial charge on any atom is -0.395 e. The van der Waals surface area contributed by atoms with Crippen molar-refractivity contribution in [3.63, 3.8) is 0 Å². The summed E-state index contributed by atoms with van der Waals surface area (Å²) in [7, 11) is 0. The van der Waals surface area contributed by atoms with Crippen LogP contribution < -0.4 is 5.73 Å². The zero-order chi connectivity index (χ0) is 12.3. The van der Waals surface area contributed by atoms with Crippen molar-refractivity contribution >= 4 is 0 Å². The lowest BCUT2D eigenvalue weighted by Crippen LogP contribution is -2.60. The molecule has 16 heavy (non-hydrogen) atoms. The van der Waals surface area contributed by atoms with Crippen molar-refractivity contribution < 1.29 is 9.84 Å². The first-order valence-corrected chi connectivity index (χ1v) is 6.21. The van der Waals surface area contributed by atoms with E-state index in [0.29, 0.717) is 12.0 Å². The van der Waals surface area contributed by atoms with Gasteiger partial charge in [-0.05, 0) is 19.8 Å². The number of rotatable bonds is 4. The van der Waals surface area contributed by atoms with Crippen LogP contribution in [0.4, 0.5) is 0 Å². The maximum atomic E-state index is 9.54. The van der Waals surface area contributed by atoms with E-state index in [1.165, 1.54) is 0 Å². The number of hydrogen-bond acceptors (Lipinski definition) is 4. The SMILES string of the molecule is CC1CN(C(CO)C(N)C(C)C)C(C)CO1. The summed E-state index contributed by atoms with van der Waals surface area (Å²) < 4.78 is 5.59. The highest BCUT2D eigenvalue weighted by Crippen LogP contribution is 2.18. The van der Waals surface area contributed by atoms with E-state index in [9.17, 15) is 5.11 Å². The highest BCUT2D eigenvalue weighted by Gasteiger charge is 2.33. The van der Waals surface area contributed by atoms with Gasteiger partial charge in [0.15, 0.2) is 0 Å². The van der Waals surface area contributed by atoms with Gasteiger partial charge in [0, 0.05) is 24.7 Å². The summed E-state index contributed by atoms with van der Waals surface area (Å²) in [6, 6.07) is 0.386. The molecule has 1 heterocycles. The van der Waals surface area contributed by atoms with Gasteiger partial charge in [0.25, 0.3) is 0 Å². The van der Waals surface area contributed by atoms with E-state index in [1.807, 2.05) is 0 Å². The molecule has 4 unspecified atom stereocenters. The molecule has 0 bridgehead atoms. The van der Waals surface area contributed by atoms with Crippen molar-refractivity contribution in [3.8, 4) is 0 Å². The second-order valence-corrected chi connectivity index (χ2v) is 5.26. The Morgan fingerprint density at radius 3 is 2.56 bits per heavy atom. The first-order chi connectivity index (χ1) is 7.47. The van der Waals surface area contributed by atoms with Crippen LogP contribution in [0, 0.1) is 5.92 Å². The van der Waals surface area contributed by atoms with Crippen LogP contribution in [0.2, 0.25) is 0 Å². The monoisotopic (exact) mass is 230 g/mol. The first kappa shape index (κ1) is 13.9. The molecule has 1 aliphatic rings. The van der Waals surface area contributed by atoms with Gasteiger partial charge in [-0.15, -0.1) is 0 Å². The van der Waals surface area contributed by atoms with Crippen LogP contribution in [0.1, 0.15) is 27.7 Å². The highest BCUT2D eigenvalue weighted by molar-refractivity contribution is 4.89. The molecule has 4 heteroatoms. The normalized spacial score (nSPS) is 31.7. The molecule has 0 radical (unpaired) electrons. The van der Waals surface area contributed by atoms with Gasteiger partial charge >= 0.3 is 0 Å². The Balaban J connectivity index is 2.69. The summed E-state index contributed by atoms with van der Waals surface area (Å²) in [6.45, 7) is 10.1. The summed E-state index contributed by atoms with van der Waals surface area (Å²) in [5.74, 6) is 0.377. The van der Waals surface area contributed by atoms with Gasteiger partial charge in [-0.2, -0.15) is 0 Å². The fourth-order valence-electron chi connectivity index (χ4n) is 2.28. The second-order valence-electron chi connectivity index (χ2n) is 5.26. The minimum absolute atomic E-state index is 0.0118. The van der Waals surface area contributed by atoms with Crippen LogP contribution >= 0.6 is 0 Å². The summed E-state index contributed by atoms with van der Waals surface area (Å²) in [5.41, 5.74) is 6.17. The number of nitrogens with zero attached hydrogens (tertiary/aromatic N) is 1. The molecule has 96 valence electrons. The van der Waals surface area contributed by atoms with E-state index in [4.69, 9.17) is 10.5 Å². The van der Waals surface area contributed by atoms with E-state index in [1.54, 1.807) is 0 Å². The third kappa shape index (κ3) is 3.17. The third-order valence-corrected chi connectivity index (χ3v) is 3.48. The van der Waals surface area contributed by atoms with Crippen LogP contribution in [-0.2, 0) is 4.74 Å². The molecular weight excluding hydrogens is 204 g/mol. The quantitative estimate of drug-likeness (QED) is 0.736. The third-order valence-electron chi connectivity index (χ3n) is 3.48. The molecule has 4 nitrogen and oxygen atoms in total. The van der Waals surface area contributed by atoms with E-state index in [2.05, 4.69) is 32.6 Å². The Labute approximate surface area is 98.8 Å². The standard InChI is InChI=1S/C12H26N2O2/c1-8(2)12(13)11(6-15)14-5-10(4)16-7-9(14)3/h8-12,15H,5-7,13H2,1-4H3.